The molecule has 3 N–H and O–H groups in total. The number of hydrogen-bond acceptors (Lipinski definition) is 4. The number of hydrogen-bond donors (Lipinski definition) is 2. The van der Waals surface area contributed by atoms with Gasteiger partial charge in [-0.3, -0.25) is 9.78 Å². The molecule has 1 aromatic heterocycles. The quantitative estimate of drug-likeness (QED) is 0.795. The van der Waals surface area contributed by atoms with E-state index in [0.29, 0.717) is 11.3 Å². The van der Waals surface area contributed by atoms with Crippen molar-refractivity contribution in [2.24, 2.45) is 5.73 Å². The fourth-order valence-corrected chi connectivity index (χ4v) is 2.66. The first kappa shape index (κ1) is 14.9. The molecular weight excluding hydrogens is 274 g/mol. The number of likely N-dealkylation sites (tertiary alicyclic amines) is 1. The summed E-state index contributed by atoms with van der Waals surface area (Å²) in [7, 11) is 0. The molecule has 0 spiro atoms. The van der Waals surface area contributed by atoms with E-state index in [9.17, 15) is 4.79 Å². The van der Waals surface area contributed by atoms with Gasteiger partial charge in [-0.05, 0) is 37.8 Å². The van der Waals surface area contributed by atoms with E-state index in [1.54, 1.807) is 12.1 Å². The Morgan fingerprint density at radius 1 is 1.55 bits per heavy atom. The van der Waals surface area contributed by atoms with Crippen LogP contribution in [-0.2, 0) is 0 Å². The van der Waals surface area contributed by atoms with Crippen molar-refractivity contribution < 1.29 is 9.90 Å². The number of aliphatic hydroxyl groups is 1. The summed E-state index contributed by atoms with van der Waals surface area (Å²) in [5.41, 5.74) is 6.59. The molecule has 2 rings (SSSR count). The van der Waals surface area contributed by atoms with E-state index in [1.165, 1.54) is 6.20 Å². The minimum Gasteiger partial charge on any atom is -0.396 e. The summed E-state index contributed by atoms with van der Waals surface area (Å²) in [6.07, 6.45) is 5.10. The van der Waals surface area contributed by atoms with Gasteiger partial charge < -0.3 is 15.7 Å². The molecule has 1 saturated heterocycles. The molecule has 5 nitrogen and oxygen atoms in total. The average Bonchev–Trinajstić information content (AvgIpc) is 2.92. The highest BCUT2D eigenvalue weighted by Crippen LogP contribution is 2.23. The van der Waals surface area contributed by atoms with Gasteiger partial charge in [0.2, 0.25) is 0 Å². The molecule has 0 radical (unpaired) electrons. The van der Waals surface area contributed by atoms with Crippen LogP contribution in [0.2, 0.25) is 0 Å². The Morgan fingerprint density at radius 2 is 2.35 bits per heavy atom. The van der Waals surface area contributed by atoms with Crippen LogP contribution in [0.3, 0.4) is 0 Å². The smallest absolute Gasteiger partial charge is 0.272 e. The number of aliphatic hydroxyl groups excluding tert-OH is 1. The van der Waals surface area contributed by atoms with Crippen LogP contribution in [0.15, 0.2) is 18.3 Å². The van der Waals surface area contributed by atoms with Crippen molar-refractivity contribution in [2.75, 3.05) is 13.2 Å². The average molecular weight is 293 g/mol. The molecule has 6 heteroatoms. The van der Waals surface area contributed by atoms with Crippen molar-refractivity contribution in [1.29, 1.82) is 0 Å². The lowest BCUT2D eigenvalue weighted by Crippen LogP contribution is -2.36. The molecule has 1 aliphatic heterocycles. The van der Waals surface area contributed by atoms with Gasteiger partial charge in [-0.2, -0.15) is 0 Å². The molecule has 0 saturated carbocycles. The normalized spacial score (nSPS) is 18.2. The summed E-state index contributed by atoms with van der Waals surface area (Å²) in [5, 5.41) is 8.91. The third-order valence-electron chi connectivity index (χ3n) is 3.60. The Hall–Kier alpha value is -1.53. The summed E-state index contributed by atoms with van der Waals surface area (Å²) in [6.45, 7) is 0.924. The minimum absolute atomic E-state index is 0.0556. The number of amides is 1. The number of rotatable bonds is 5. The molecular formula is C14H19N3O2S. The Kier molecular flexibility index (Phi) is 5.03. The molecule has 1 amide bonds. The van der Waals surface area contributed by atoms with Gasteiger partial charge in [0.15, 0.2) is 0 Å². The van der Waals surface area contributed by atoms with E-state index in [2.05, 4.69) is 4.98 Å². The van der Waals surface area contributed by atoms with Crippen LogP contribution in [0, 0.1) is 0 Å². The lowest BCUT2D eigenvalue weighted by atomic mass is 10.1. The second kappa shape index (κ2) is 6.76. The summed E-state index contributed by atoms with van der Waals surface area (Å²) in [5.74, 6) is -0.0556. The van der Waals surface area contributed by atoms with Crippen molar-refractivity contribution in [3.8, 4) is 0 Å². The number of carbonyl (C=O) groups excluding carboxylic acids is 1. The summed E-state index contributed by atoms with van der Waals surface area (Å²) >= 11 is 4.86. The maximum Gasteiger partial charge on any atom is 0.272 e. The zero-order valence-electron chi connectivity index (χ0n) is 11.3. The molecule has 0 aromatic carbocycles. The molecule has 20 heavy (non-hydrogen) atoms. The molecule has 1 aliphatic rings. The molecule has 1 aromatic rings. The van der Waals surface area contributed by atoms with Gasteiger partial charge in [0.25, 0.3) is 5.91 Å². The third-order valence-corrected chi connectivity index (χ3v) is 3.84. The fraction of sp³-hybridized carbons (Fsp3) is 0.500. The second-order valence-electron chi connectivity index (χ2n) is 4.96. The van der Waals surface area contributed by atoms with Crippen LogP contribution in [0.5, 0.6) is 0 Å². The predicted molar refractivity (Wildman–Crippen MR) is 80.5 cm³/mol. The van der Waals surface area contributed by atoms with Gasteiger partial charge in [-0.1, -0.05) is 12.2 Å². The summed E-state index contributed by atoms with van der Waals surface area (Å²) in [4.78, 5) is 18.7. The van der Waals surface area contributed by atoms with Gasteiger partial charge in [0.1, 0.15) is 10.7 Å². The van der Waals surface area contributed by atoms with E-state index in [1.807, 2.05) is 4.90 Å². The zero-order valence-corrected chi connectivity index (χ0v) is 12.1. The van der Waals surface area contributed by atoms with Crippen molar-refractivity contribution in [3.63, 3.8) is 0 Å². The van der Waals surface area contributed by atoms with Crippen LogP contribution in [0.25, 0.3) is 0 Å². The zero-order chi connectivity index (χ0) is 14.5. The first-order valence-corrected chi connectivity index (χ1v) is 7.22. The van der Waals surface area contributed by atoms with Crippen LogP contribution in [-0.4, -0.2) is 45.1 Å². The van der Waals surface area contributed by atoms with E-state index < -0.39 is 0 Å². The van der Waals surface area contributed by atoms with E-state index in [4.69, 9.17) is 23.1 Å². The molecule has 0 aliphatic carbocycles. The number of aromatic nitrogens is 1. The lowest BCUT2D eigenvalue weighted by Gasteiger charge is -2.24. The lowest BCUT2D eigenvalue weighted by molar-refractivity contribution is 0.0718. The molecule has 108 valence electrons. The standard InChI is InChI=1S/C14H19N3O2S/c15-13(20)10-5-6-12(16-9-10)14(19)17-7-1-3-11(17)4-2-8-18/h5-6,9,11,18H,1-4,7-8H2,(H2,15,20). The highest BCUT2D eigenvalue weighted by atomic mass is 32.1. The second-order valence-corrected chi connectivity index (χ2v) is 5.40. The van der Waals surface area contributed by atoms with Gasteiger partial charge in [-0.25, -0.2) is 0 Å². The molecule has 2 heterocycles. The largest absolute Gasteiger partial charge is 0.396 e. The molecule has 1 fully saturated rings. The number of nitrogens with zero attached hydrogens (tertiary/aromatic N) is 2. The van der Waals surface area contributed by atoms with Crippen molar-refractivity contribution >= 4 is 23.1 Å². The minimum atomic E-state index is -0.0556. The van der Waals surface area contributed by atoms with Gasteiger partial charge >= 0.3 is 0 Å². The Morgan fingerprint density at radius 3 is 2.95 bits per heavy atom. The third kappa shape index (κ3) is 3.32. The fourth-order valence-electron chi connectivity index (χ4n) is 2.54. The van der Waals surface area contributed by atoms with Crippen LogP contribution in [0.4, 0.5) is 0 Å². The molecule has 1 unspecified atom stereocenters. The SMILES string of the molecule is NC(=S)c1ccc(C(=O)N2CCCC2CCCO)nc1. The van der Waals surface area contributed by atoms with Gasteiger partial charge in [-0.15, -0.1) is 0 Å². The maximum absolute atomic E-state index is 12.4. The number of carbonyl (C=O) groups is 1. The summed E-state index contributed by atoms with van der Waals surface area (Å²) < 4.78 is 0. The monoisotopic (exact) mass is 293 g/mol. The van der Waals surface area contributed by atoms with Crippen molar-refractivity contribution in [3.05, 3.63) is 29.6 Å². The number of thiocarbonyl (C=S) groups is 1. The molecule has 0 bridgehead atoms. The Labute approximate surface area is 123 Å². The maximum atomic E-state index is 12.4. The predicted octanol–water partition coefficient (Wildman–Crippen LogP) is 1.09. The highest BCUT2D eigenvalue weighted by molar-refractivity contribution is 7.80. The van der Waals surface area contributed by atoms with E-state index >= 15 is 0 Å². The van der Waals surface area contributed by atoms with Crippen LogP contribution < -0.4 is 5.73 Å². The van der Waals surface area contributed by atoms with E-state index in [-0.39, 0.29) is 23.5 Å². The Bertz CT molecular complexity index is 490. The topological polar surface area (TPSA) is 79.5 Å². The Balaban J connectivity index is 2.07. The number of nitrogens with two attached hydrogens (primary N) is 1. The van der Waals surface area contributed by atoms with Crippen LogP contribution >= 0.6 is 12.2 Å². The summed E-state index contributed by atoms with van der Waals surface area (Å²) in [6, 6.07) is 3.60. The first-order valence-electron chi connectivity index (χ1n) is 6.81. The van der Waals surface area contributed by atoms with Crippen molar-refractivity contribution in [1.82, 2.24) is 9.88 Å². The van der Waals surface area contributed by atoms with Gasteiger partial charge in [0.05, 0.1) is 0 Å². The van der Waals surface area contributed by atoms with Gasteiger partial charge in [0, 0.05) is 31.0 Å². The first-order chi connectivity index (χ1) is 9.63. The van der Waals surface area contributed by atoms with Crippen LogP contribution in [0.1, 0.15) is 41.7 Å². The van der Waals surface area contributed by atoms with Crippen molar-refractivity contribution in [2.45, 2.75) is 31.7 Å². The highest BCUT2D eigenvalue weighted by Gasteiger charge is 2.29. The number of pyridine rings is 1. The molecule has 1 atom stereocenters. The van der Waals surface area contributed by atoms with E-state index in [0.717, 1.165) is 32.2 Å².